The van der Waals surface area contributed by atoms with E-state index >= 15 is 0 Å². The van der Waals surface area contributed by atoms with Gasteiger partial charge in [-0.15, -0.1) is 0 Å². The quantitative estimate of drug-likeness (QED) is 0.331. The van der Waals surface area contributed by atoms with Crippen molar-refractivity contribution >= 4 is 0 Å². The Morgan fingerprint density at radius 3 is 2.68 bits per heavy atom. The van der Waals surface area contributed by atoms with Crippen LogP contribution in [0.15, 0.2) is 54.7 Å². The van der Waals surface area contributed by atoms with Crippen LogP contribution in [0.4, 0.5) is 0 Å². The first-order valence-electron chi connectivity index (χ1n) is 9.11. The Balaban J connectivity index is 2.98. The lowest BCUT2D eigenvalue weighted by molar-refractivity contribution is 0.404. The van der Waals surface area contributed by atoms with Gasteiger partial charge < -0.3 is 4.74 Å². The molecule has 0 aliphatic heterocycles. The molecule has 3 nitrogen and oxygen atoms in total. The molecule has 0 aliphatic rings. The molecule has 1 atom stereocenters. The molecule has 0 aromatic heterocycles. The molecule has 0 saturated heterocycles. The topological polar surface area (TPSA) is 33.3 Å². The lowest BCUT2D eigenvalue weighted by Crippen LogP contribution is -2.28. The van der Waals surface area contributed by atoms with E-state index in [1.165, 1.54) is 11.1 Å². The zero-order chi connectivity index (χ0) is 18.7. The molecule has 138 valence electrons. The third-order valence-electron chi connectivity index (χ3n) is 4.42. The van der Waals surface area contributed by atoms with Crippen LogP contribution < -0.4 is 15.6 Å². The van der Waals surface area contributed by atoms with E-state index in [9.17, 15) is 0 Å². The molecule has 0 heterocycles. The van der Waals surface area contributed by atoms with Gasteiger partial charge in [0.15, 0.2) is 0 Å². The average molecular weight is 343 g/mol. The largest absolute Gasteiger partial charge is 0.496 e. The van der Waals surface area contributed by atoms with E-state index in [1.807, 2.05) is 20.0 Å². The van der Waals surface area contributed by atoms with Gasteiger partial charge in [0.1, 0.15) is 5.75 Å². The number of aryl methyl sites for hydroxylation is 1. The summed E-state index contributed by atoms with van der Waals surface area (Å²) in [5.41, 5.74) is 10.9. The summed E-state index contributed by atoms with van der Waals surface area (Å²) in [6.45, 7) is 13.1. The van der Waals surface area contributed by atoms with Crippen LogP contribution in [-0.4, -0.2) is 20.7 Å². The van der Waals surface area contributed by atoms with Gasteiger partial charge >= 0.3 is 0 Å². The molecule has 0 radical (unpaired) electrons. The number of hydrogen-bond acceptors (Lipinski definition) is 3. The second kappa shape index (κ2) is 11.7. The Hall–Kier alpha value is -1.84. The van der Waals surface area contributed by atoms with Gasteiger partial charge in [-0.2, -0.15) is 0 Å². The number of ether oxygens (including phenoxy) is 1. The molecule has 0 fully saturated rings. The Morgan fingerprint density at radius 2 is 2.12 bits per heavy atom. The predicted molar refractivity (Wildman–Crippen MR) is 109 cm³/mol. The van der Waals surface area contributed by atoms with Crippen molar-refractivity contribution in [3.8, 4) is 5.75 Å². The van der Waals surface area contributed by atoms with E-state index in [1.54, 1.807) is 7.11 Å². The SMILES string of the molecule is C=C/C(=C\C(CCCNNC)Cc1ccc(CC)cc1OC)C(=C)C. The van der Waals surface area contributed by atoms with Crippen LogP contribution in [0.1, 0.15) is 37.8 Å². The Bertz CT molecular complexity index is 590. The maximum absolute atomic E-state index is 5.63. The summed E-state index contributed by atoms with van der Waals surface area (Å²) in [6, 6.07) is 6.57. The Labute approximate surface area is 153 Å². The highest BCUT2D eigenvalue weighted by atomic mass is 16.5. The fourth-order valence-corrected chi connectivity index (χ4v) is 2.92. The van der Waals surface area contributed by atoms with Crippen molar-refractivity contribution in [2.45, 2.75) is 39.5 Å². The second-order valence-electron chi connectivity index (χ2n) is 6.39. The lowest BCUT2D eigenvalue weighted by atomic mass is 9.90. The van der Waals surface area contributed by atoms with Crippen molar-refractivity contribution in [1.29, 1.82) is 0 Å². The molecule has 1 rings (SSSR count). The average Bonchev–Trinajstić information content (AvgIpc) is 2.62. The van der Waals surface area contributed by atoms with E-state index in [2.05, 4.69) is 55.2 Å². The van der Waals surface area contributed by atoms with Gasteiger partial charge in [0.25, 0.3) is 0 Å². The van der Waals surface area contributed by atoms with Crippen LogP contribution in [0, 0.1) is 5.92 Å². The van der Waals surface area contributed by atoms with Crippen molar-refractivity contribution in [2.24, 2.45) is 5.92 Å². The van der Waals surface area contributed by atoms with Gasteiger partial charge in [0.05, 0.1) is 7.11 Å². The molecule has 25 heavy (non-hydrogen) atoms. The van der Waals surface area contributed by atoms with Crippen LogP contribution in [-0.2, 0) is 12.8 Å². The number of rotatable bonds is 12. The molecule has 0 saturated carbocycles. The van der Waals surface area contributed by atoms with E-state index in [4.69, 9.17) is 4.74 Å². The number of methoxy groups -OCH3 is 1. The van der Waals surface area contributed by atoms with Crippen molar-refractivity contribution in [2.75, 3.05) is 20.7 Å². The smallest absolute Gasteiger partial charge is 0.122 e. The molecule has 0 amide bonds. The minimum atomic E-state index is 0.421. The molecule has 1 aromatic carbocycles. The summed E-state index contributed by atoms with van der Waals surface area (Å²) in [6.07, 6.45) is 8.37. The third kappa shape index (κ3) is 7.29. The maximum Gasteiger partial charge on any atom is 0.122 e. The Morgan fingerprint density at radius 1 is 1.36 bits per heavy atom. The molecule has 0 spiro atoms. The minimum Gasteiger partial charge on any atom is -0.496 e. The van der Waals surface area contributed by atoms with Crippen molar-refractivity contribution in [3.05, 3.63) is 65.8 Å². The lowest BCUT2D eigenvalue weighted by Gasteiger charge is -2.18. The van der Waals surface area contributed by atoms with E-state index < -0.39 is 0 Å². The van der Waals surface area contributed by atoms with Crippen molar-refractivity contribution in [1.82, 2.24) is 10.9 Å². The zero-order valence-corrected chi connectivity index (χ0v) is 16.3. The summed E-state index contributed by atoms with van der Waals surface area (Å²) in [7, 11) is 3.65. The predicted octanol–water partition coefficient (Wildman–Crippen LogP) is 4.61. The van der Waals surface area contributed by atoms with Crippen LogP contribution >= 0.6 is 0 Å². The van der Waals surface area contributed by atoms with Crippen molar-refractivity contribution < 1.29 is 4.74 Å². The normalized spacial score (nSPS) is 12.7. The summed E-state index contributed by atoms with van der Waals surface area (Å²) >= 11 is 0. The number of allylic oxidation sites excluding steroid dienone is 4. The van der Waals surface area contributed by atoms with E-state index in [-0.39, 0.29) is 0 Å². The molecule has 0 bridgehead atoms. The number of hydrogen-bond donors (Lipinski definition) is 2. The first-order valence-corrected chi connectivity index (χ1v) is 9.11. The fraction of sp³-hybridized carbons (Fsp3) is 0.455. The molecular formula is C22H34N2O. The minimum absolute atomic E-state index is 0.421. The summed E-state index contributed by atoms with van der Waals surface area (Å²) in [4.78, 5) is 0. The van der Waals surface area contributed by atoms with Gasteiger partial charge in [-0.3, -0.25) is 10.9 Å². The second-order valence-corrected chi connectivity index (χ2v) is 6.39. The molecule has 2 N–H and O–H groups in total. The number of benzene rings is 1. The van der Waals surface area contributed by atoms with Gasteiger partial charge in [-0.25, -0.2) is 0 Å². The van der Waals surface area contributed by atoms with Crippen LogP contribution in [0.25, 0.3) is 0 Å². The van der Waals surface area contributed by atoms with Crippen molar-refractivity contribution in [3.63, 3.8) is 0 Å². The zero-order valence-electron chi connectivity index (χ0n) is 16.3. The maximum atomic E-state index is 5.63. The highest BCUT2D eigenvalue weighted by molar-refractivity contribution is 5.40. The van der Waals surface area contributed by atoms with Gasteiger partial charge in [-0.05, 0) is 68.3 Å². The third-order valence-corrected chi connectivity index (χ3v) is 4.42. The van der Waals surface area contributed by atoms with Crippen LogP contribution in [0.3, 0.4) is 0 Å². The Kier molecular flexibility index (Phi) is 9.90. The van der Waals surface area contributed by atoms with Gasteiger partial charge in [-0.1, -0.05) is 49.9 Å². The van der Waals surface area contributed by atoms with Crippen LogP contribution in [0.2, 0.25) is 0 Å². The fourth-order valence-electron chi connectivity index (χ4n) is 2.92. The standard InChI is InChI=1S/C22H34N2O/c1-7-18-11-12-21(22(16-18)25-6)15-19(10-9-13-24-23-5)14-20(8-2)17(3)4/h8,11-12,14,16,19,23-24H,2-3,7,9-10,13,15H2,1,4-6H3/b20-14+. The van der Waals surface area contributed by atoms with E-state index in [0.29, 0.717) is 5.92 Å². The monoisotopic (exact) mass is 342 g/mol. The van der Waals surface area contributed by atoms with Gasteiger partial charge in [0, 0.05) is 6.54 Å². The number of hydrazine groups is 1. The molecule has 1 unspecified atom stereocenters. The summed E-state index contributed by atoms with van der Waals surface area (Å²) in [5, 5.41) is 0. The first-order chi connectivity index (χ1) is 12.0. The van der Waals surface area contributed by atoms with Crippen LogP contribution in [0.5, 0.6) is 5.75 Å². The highest BCUT2D eigenvalue weighted by Gasteiger charge is 2.12. The molecule has 0 aliphatic carbocycles. The van der Waals surface area contributed by atoms with Gasteiger partial charge in [0.2, 0.25) is 0 Å². The number of nitrogens with one attached hydrogen (secondary N) is 2. The summed E-state index contributed by atoms with van der Waals surface area (Å²) < 4.78 is 5.63. The molecular weight excluding hydrogens is 308 g/mol. The van der Waals surface area contributed by atoms with E-state index in [0.717, 1.165) is 49.1 Å². The first kappa shape index (κ1) is 21.2. The molecule has 3 heteroatoms. The molecule has 1 aromatic rings. The summed E-state index contributed by atoms with van der Waals surface area (Å²) in [5.74, 6) is 1.41. The highest BCUT2D eigenvalue weighted by Crippen LogP contribution is 2.27.